The highest BCUT2D eigenvalue weighted by Gasteiger charge is 2.16. The minimum absolute atomic E-state index is 0.167. The maximum Gasteiger partial charge on any atom is 0.338 e. The first-order valence-corrected chi connectivity index (χ1v) is 8.18. The maximum absolute atomic E-state index is 12.2. The lowest BCUT2D eigenvalue weighted by molar-refractivity contribution is 0.0468. The average Bonchev–Trinajstić information content (AvgIpc) is 3.28. The van der Waals surface area contributed by atoms with E-state index >= 15 is 0 Å². The van der Waals surface area contributed by atoms with Crippen molar-refractivity contribution in [3.8, 4) is 0 Å². The fraction of sp³-hybridized carbons (Fsp3) is 0.158. The summed E-state index contributed by atoms with van der Waals surface area (Å²) in [6.45, 7) is 2.25. The summed E-state index contributed by atoms with van der Waals surface area (Å²) in [6.07, 6.45) is 0. The first-order valence-electron chi connectivity index (χ1n) is 8.18. The molecule has 4 rings (SSSR count). The lowest BCUT2D eigenvalue weighted by Crippen LogP contribution is -2.13. The van der Waals surface area contributed by atoms with Gasteiger partial charge in [0.05, 0.1) is 11.1 Å². The van der Waals surface area contributed by atoms with Gasteiger partial charge in [0.15, 0.2) is 12.4 Å². The largest absolute Gasteiger partial charge is 0.454 e. The van der Waals surface area contributed by atoms with Gasteiger partial charge in [-0.2, -0.15) is 0 Å². The van der Waals surface area contributed by atoms with Gasteiger partial charge in [-0.15, -0.1) is 5.10 Å². The number of hydrogen-bond acceptors (Lipinski definition) is 6. The van der Waals surface area contributed by atoms with Crippen molar-refractivity contribution in [2.24, 2.45) is 0 Å². The Kier molecular flexibility index (Phi) is 3.96. The zero-order chi connectivity index (χ0) is 18.1. The van der Waals surface area contributed by atoms with Crippen LogP contribution in [0.15, 0.2) is 52.9 Å². The van der Waals surface area contributed by atoms with Crippen LogP contribution < -0.4 is 0 Å². The Morgan fingerprint density at radius 1 is 1.15 bits per heavy atom. The van der Waals surface area contributed by atoms with Gasteiger partial charge < -0.3 is 9.15 Å². The molecule has 0 N–H and O–H groups in total. The molecular weight excluding hydrogens is 334 g/mol. The molecule has 0 radical (unpaired) electrons. The average molecular weight is 349 g/mol. The van der Waals surface area contributed by atoms with Crippen molar-refractivity contribution in [2.45, 2.75) is 13.5 Å². The molecule has 0 aliphatic rings. The summed E-state index contributed by atoms with van der Waals surface area (Å²) in [5, 5.41) is 8.85. The van der Waals surface area contributed by atoms with Crippen molar-refractivity contribution >= 4 is 33.8 Å². The first kappa shape index (κ1) is 16.0. The topological polar surface area (TPSA) is 87.2 Å². The van der Waals surface area contributed by atoms with E-state index in [4.69, 9.17) is 9.15 Å². The molecular formula is C19H15N3O4. The summed E-state index contributed by atoms with van der Waals surface area (Å²) in [5.74, 6) is -0.824. The second kappa shape index (κ2) is 6.44. The van der Waals surface area contributed by atoms with E-state index in [0.717, 1.165) is 10.9 Å². The molecule has 0 aliphatic carbocycles. The number of Topliss-reactive ketones (excluding diaryl/α,β-unsaturated/α-hetero) is 1. The summed E-state index contributed by atoms with van der Waals surface area (Å²) >= 11 is 0. The monoisotopic (exact) mass is 349 g/mol. The summed E-state index contributed by atoms with van der Waals surface area (Å²) in [5.41, 5.74) is 2.37. The smallest absolute Gasteiger partial charge is 0.338 e. The fourth-order valence-corrected chi connectivity index (χ4v) is 2.74. The SMILES string of the molecule is CCn1nnc2cc(C(=O)OCC(=O)c3cc4ccccc4o3)ccc21. The maximum atomic E-state index is 12.2. The number of para-hydroxylation sites is 1. The second-order valence-electron chi connectivity index (χ2n) is 5.76. The third kappa shape index (κ3) is 2.83. The molecule has 26 heavy (non-hydrogen) atoms. The summed E-state index contributed by atoms with van der Waals surface area (Å²) < 4.78 is 12.3. The predicted molar refractivity (Wildman–Crippen MR) is 94.0 cm³/mol. The lowest BCUT2D eigenvalue weighted by atomic mass is 10.2. The lowest BCUT2D eigenvalue weighted by Gasteiger charge is -2.03. The molecule has 2 heterocycles. The molecule has 7 nitrogen and oxygen atoms in total. The van der Waals surface area contributed by atoms with Crippen molar-refractivity contribution in [1.29, 1.82) is 0 Å². The minimum atomic E-state index is -0.595. The number of carbonyl (C=O) groups is 2. The van der Waals surface area contributed by atoms with Crippen molar-refractivity contribution in [1.82, 2.24) is 15.0 Å². The van der Waals surface area contributed by atoms with E-state index in [0.29, 0.717) is 23.2 Å². The number of esters is 1. The molecule has 0 saturated heterocycles. The number of carbonyl (C=O) groups excluding carboxylic acids is 2. The molecule has 0 fully saturated rings. The van der Waals surface area contributed by atoms with Crippen LogP contribution in [-0.2, 0) is 11.3 Å². The van der Waals surface area contributed by atoms with Crippen LogP contribution in [0, 0.1) is 0 Å². The second-order valence-corrected chi connectivity index (χ2v) is 5.76. The van der Waals surface area contributed by atoms with Gasteiger partial charge in [0, 0.05) is 11.9 Å². The number of ether oxygens (including phenoxy) is 1. The molecule has 7 heteroatoms. The van der Waals surface area contributed by atoms with Crippen molar-refractivity contribution in [2.75, 3.05) is 6.61 Å². The molecule has 2 aromatic carbocycles. The number of fused-ring (bicyclic) bond motifs is 2. The number of ketones is 1. The van der Waals surface area contributed by atoms with Gasteiger partial charge in [-0.3, -0.25) is 4.79 Å². The molecule has 0 amide bonds. The molecule has 0 atom stereocenters. The number of nitrogens with zero attached hydrogens (tertiary/aromatic N) is 3. The number of furan rings is 1. The van der Waals surface area contributed by atoms with Crippen LogP contribution >= 0.6 is 0 Å². The number of hydrogen-bond donors (Lipinski definition) is 0. The highest BCUT2D eigenvalue weighted by Crippen LogP contribution is 2.19. The first-order chi connectivity index (χ1) is 12.7. The molecule has 0 saturated carbocycles. The summed E-state index contributed by atoms with van der Waals surface area (Å²) in [7, 11) is 0. The van der Waals surface area contributed by atoms with Gasteiger partial charge in [0.25, 0.3) is 0 Å². The Hall–Kier alpha value is -3.48. The number of benzene rings is 2. The summed E-state index contributed by atoms with van der Waals surface area (Å²) in [6, 6.07) is 13.9. The minimum Gasteiger partial charge on any atom is -0.454 e. The van der Waals surface area contributed by atoms with Gasteiger partial charge >= 0.3 is 5.97 Å². The number of aromatic nitrogens is 3. The zero-order valence-electron chi connectivity index (χ0n) is 14.0. The van der Waals surface area contributed by atoms with Gasteiger partial charge in [0.2, 0.25) is 5.78 Å². The van der Waals surface area contributed by atoms with Gasteiger partial charge in [0.1, 0.15) is 11.1 Å². The van der Waals surface area contributed by atoms with Crippen LogP contribution in [0.4, 0.5) is 0 Å². The number of aryl methyl sites for hydroxylation is 1. The highest BCUT2D eigenvalue weighted by atomic mass is 16.5. The van der Waals surface area contributed by atoms with Gasteiger partial charge in [-0.05, 0) is 37.3 Å². The predicted octanol–water partition coefficient (Wildman–Crippen LogP) is 3.24. The van der Waals surface area contributed by atoms with E-state index in [1.807, 2.05) is 25.1 Å². The van der Waals surface area contributed by atoms with Crippen LogP contribution in [0.2, 0.25) is 0 Å². The molecule has 130 valence electrons. The van der Waals surface area contributed by atoms with E-state index in [1.165, 1.54) is 0 Å². The van der Waals surface area contributed by atoms with Crippen LogP contribution in [0.1, 0.15) is 27.8 Å². The highest BCUT2D eigenvalue weighted by molar-refractivity contribution is 6.00. The van der Waals surface area contributed by atoms with E-state index in [9.17, 15) is 9.59 Å². The molecule has 0 unspecified atom stereocenters. The fourth-order valence-electron chi connectivity index (χ4n) is 2.74. The standard InChI is InChI=1S/C19H15N3O4/c1-2-22-15-8-7-13(9-14(15)20-21-22)19(24)25-11-16(23)18-10-12-5-3-4-6-17(12)26-18/h3-10H,2,11H2,1H3. The van der Waals surface area contributed by atoms with E-state index in [2.05, 4.69) is 10.3 Å². The molecule has 0 bridgehead atoms. The third-order valence-corrected chi connectivity index (χ3v) is 4.08. The van der Waals surface area contributed by atoms with E-state index in [1.54, 1.807) is 35.0 Å². The van der Waals surface area contributed by atoms with E-state index < -0.39 is 18.4 Å². The normalized spacial score (nSPS) is 11.1. The molecule has 0 aliphatic heterocycles. The van der Waals surface area contributed by atoms with Gasteiger partial charge in [-0.25, -0.2) is 9.48 Å². The van der Waals surface area contributed by atoms with Crippen LogP contribution in [-0.4, -0.2) is 33.4 Å². The molecule has 0 spiro atoms. The Balaban J connectivity index is 1.47. The van der Waals surface area contributed by atoms with Crippen molar-refractivity contribution < 1.29 is 18.7 Å². The van der Waals surface area contributed by atoms with Crippen molar-refractivity contribution in [3.63, 3.8) is 0 Å². The Labute approximate surface area is 148 Å². The quantitative estimate of drug-likeness (QED) is 0.406. The Morgan fingerprint density at radius 3 is 2.81 bits per heavy atom. The van der Waals surface area contributed by atoms with Crippen molar-refractivity contribution in [3.05, 3.63) is 59.9 Å². The number of rotatable bonds is 5. The summed E-state index contributed by atoms with van der Waals surface area (Å²) in [4.78, 5) is 24.4. The zero-order valence-corrected chi connectivity index (χ0v) is 14.0. The molecule has 4 aromatic rings. The Bertz CT molecular complexity index is 1090. The van der Waals surface area contributed by atoms with Gasteiger partial charge in [-0.1, -0.05) is 23.4 Å². The van der Waals surface area contributed by atoms with Crippen LogP contribution in [0.3, 0.4) is 0 Å². The molecule has 2 aromatic heterocycles. The third-order valence-electron chi connectivity index (χ3n) is 4.08. The van der Waals surface area contributed by atoms with Crippen LogP contribution in [0.5, 0.6) is 0 Å². The van der Waals surface area contributed by atoms with E-state index in [-0.39, 0.29) is 5.76 Å². The van der Waals surface area contributed by atoms with Crippen LogP contribution in [0.25, 0.3) is 22.0 Å². The Morgan fingerprint density at radius 2 is 2.00 bits per heavy atom.